The monoisotopic (exact) mass is 242 g/mol. The van der Waals surface area contributed by atoms with Gasteiger partial charge in [0.15, 0.2) is 0 Å². The maximum Gasteiger partial charge on any atom is 0.224 e. The van der Waals surface area contributed by atoms with Crippen LogP contribution in [0.1, 0.15) is 20.3 Å². The average Bonchev–Trinajstić information content (AvgIpc) is 3.06. The Morgan fingerprint density at radius 3 is 2.35 bits per heavy atom. The van der Waals surface area contributed by atoms with Crippen LogP contribution in [0, 0.1) is 17.8 Å². The van der Waals surface area contributed by atoms with Gasteiger partial charge in [-0.1, -0.05) is 13.8 Å². The summed E-state index contributed by atoms with van der Waals surface area (Å²) in [7, 11) is 1.59. The van der Waals surface area contributed by atoms with E-state index in [2.05, 4.69) is 10.6 Å². The Morgan fingerprint density at radius 2 is 1.82 bits per heavy atom. The van der Waals surface area contributed by atoms with E-state index in [9.17, 15) is 9.59 Å². The number of hydrogen-bond donors (Lipinski definition) is 2. The van der Waals surface area contributed by atoms with Gasteiger partial charge < -0.3 is 15.4 Å². The molecular weight excluding hydrogens is 220 g/mol. The Bertz CT molecular complexity index is 279. The molecule has 2 atom stereocenters. The number of carbonyl (C=O) groups excluding carboxylic acids is 2. The van der Waals surface area contributed by atoms with E-state index >= 15 is 0 Å². The molecule has 0 aromatic rings. The molecule has 0 spiro atoms. The molecule has 0 bridgehead atoms. The lowest BCUT2D eigenvalue weighted by Crippen LogP contribution is -2.33. The van der Waals surface area contributed by atoms with Gasteiger partial charge in [-0.05, 0) is 12.3 Å². The third kappa shape index (κ3) is 4.73. The zero-order valence-electron chi connectivity index (χ0n) is 10.8. The molecule has 1 fully saturated rings. The standard InChI is InChI=1S/C12H22N2O3/c1-8(2)7-14-12(16)10-6-9(10)11(15)13-4-5-17-3/h8-10H,4-7H2,1-3H3,(H,13,15)(H,14,16). The topological polar surface area (TPSA) is 67.4 Å². The van der Waals surface area contributed by atoms with Crippen LogP contribution >= 0.6 is 0 Å². The summed E-state index contributed by atoms with van der Waals surface area (Å²) in [5, 5.41) is 5.60. The SMILES string of the molecule is COCCNC(=O)C1CC1C(=O)NCC(C)C. The number of hydrogen-bond acceptors (Lipinski definition) is 3. The van der Waals surface area contributed by atoms with E-state index in [1.54, 1.807) is 7.11 Å². The molecule has 17 heavy (non-hydrogen) atoms. The lowest BCUT2D eigenvalue weighted by molar-refractivity contribution is -0.127. The number of ether oxygens (including phenoxy) is 1. The van der Waals surface area contributed by atoms with E-state index < -0.39 is 0 Å². The second-order valence-electron chi connectivity index (χ2n) is 4.87. The van der Waals surface area contributed by atoms with Gasteiger partial charge in [0.1, 0.15) is 0 Å². The van der Waals surface area contributed by atoms with E-state index in [1.165, 1.54) is 0 Å². The van der Waals surface area contributed by atoms with Crippen LogP contribution < -0.4 is 10.6 Å². The Labute approximate surface area is 102 Å². The Kier molecular flexibility index (Phi) is 5.41. The minimum Gasteiger partial charge on any atom is -0.383 e. The van der Waals surface area contributed by atoms with Gasteiger partial charge in [-0.2, -0.15) is 0 Å². The molecule has 0 aromatic heterocycles. The molecule has 0 saturated heterocycles. The Morgan fingerprint density at radius 1 is 1.24 bits per heavy atom. The lowest BCUT2D eigenvalue weighted by Gasteiger charge is -2.07. The van der Waals surface area contributed by atoms with E-state index in [0.29, 0.717) is 32.0 Å². The number of methoxy groups -OCH3 is 1. The van der Waals surface area contributed by atoms with Gasteiger partial charge in [-0.15, -0.1) is 0 Å². The highest BCUT2D eigenvalue weighted by Crippen LogP contribution is 2.38. The summed E-state index contributed by atoms with van der Waals surface area (Å²) < 4.78 is 4.84. The summed E-state index contributed by atoms with van der Waals surface area (Å²) in [6, 6.07) is 0. The van der Waals surface area contributed by atoms with Crippen molar-refractivity contribution in [3.63, 3.8) is 0 Å². The van der Waals surface area contributed by atoms with Crippen LogP contribution in [0.4, 0.5) is 0 Å². The van der Waals surface area contributed by atoms with Crippen molar-refractivity contribution in [1.82, 2.24) is 10.6 Å². The molecule has 0 aliphatic heterocycles. The quantitative estimate of drug-likeness (QED) is 0.625. The number of carbonyl (C=O) groups is 2. The van der Waals surface area contributed by atoms with Crippen molar-refractivity contribution in [2.24, 2.45) is 17.8 Å². The molecule has 5 nitrogen and oxygen atoms in total. The van der Waals surface area contributed by atoms with Crippen LogP contribution in [0.2, 0.25) is 0 Å². The largest absolute Gasteiger partial charge is 0.383 e. The van der Waals surface area contributed by atoms with Crippen LogP contribution in [0.5, 0.6) is 0 Å². The van der Waals surface area contributed by atoms with E-state index in [4.69, 9.17) is 4.74 Å². The fraction of sp³-hybridized carbons (Fsp3) is 0.833. The summed E-state index contributed by atoms with van der Waals surface area (Å²) in [5.74, 6) is 0.138. The Balaban J connectivity index is 2.18. The lowest BCUT2D eigenvalue weighted by atomic mass is 10.2. The molecule has 2 unspecified atom stereocenters. The molecular formula is C12H22N2O3. The third-order valence-corrected chi connectivity index (χ3v) is 2.75. The summed E-state index contributed by atoms with van der Waals surface area (Å²) in [6.07, 6.45) is 0.669. The highest BCUT2D eigenvalue weighted by Gasteiger charge is 2.47. The first-order chi connectivity index (χ1) is 8.06. The first-order valence-corrected chi connectivity index (χ1v) is 6.10. The average molecular weight is 242 g/mol. The molecule has 0 heterocycles. The fourth-order valence-corrected chi connectivity index (χ4v) is 1.62. The van der Waals surface area contributed by atoms with Crippen LogP contribution in [0.3, 0.4) is 0 Å². The van der Waals surface area contributed by atoms with Crippen LogP contribution in [0.15, 0.2) is 0 Å². The van der Waals surface area contributed by atoms with Crippen molar-refractivity contribution in [1.29, 1.82) is 0 Å². The number of nitrogens with one attached hydrogen (secondary N) is 2. The molecule has 98 valence electrons. The van der Waals surface area contributed by atoms with Crippen LogP contribution in [-0.2, 0) is 14.3 Å². The molecule has 1 aliphatic rings. The highest BCUT2D eigenvalue weighted by molar-refractivity contribution is 5.92. The third-order valence-electron chi connectivity index (χ3n) is 2.75. The second-order valence-corrected chi connectivity index (χ2v) is 4.87. The van der Waals surface area contributed by atoms with Crippen molar-refractivity contribution in [2.75, 3.05) is 26.8 Å². The molecule has 1 aliphatic carbocycles. The molecule has 0 aromatic carbocycles. The van der Waals surface area contributed by atoms with Gasteiger partial charge >= 0.3 is 0 Å². The van der Waals surface area contributed by atoms with Crippen LogP contribution in [-0.4, -0.2) is 38.6 Å². The van der Waals surface area contributed by atoms with Gasteiger partial charge in [0.2, 0.25) is 11.8 Å². The van der Waals surface area contributed by atoms with Gasteiger partial charge in [0.05, 0.1) is 18.4 Å². The second kappa shape index (κ2) is 6.59. The molecule has 0 radical (unpaired) electrons. The zero-order valence-corrected chi connectivity index (χ0v) is 10.8. The van der Waals surface area contributed by atoms with Crippen molar-refractivity contribution in [3.05, 3.63) is 0 Å². The van der Waals surface area contributed by atoms with Crippen molar-refractivity contribution < 1.29 is 14.3 Å². The molecule has 2 amide bonds. The van der Waals surface area contributed by atoms with Gasteiger partial charge in [0.25, 0.3) is 0 Å². The van der Waals surface area contributed by atoms with Gasteiger partial charge in [0, 0.05) is 20.2 Å². The fourth-order valence-electron chi connectivity index (χ4n) is 1.62. The Hall–Kier alpha value is -1.10. The predicted octanol–water partition coefficient (Wildman–Crippen LogP) is 0.157. The maximum atomic E-state index is 11.6. The van der Waals surface area contributed by atoms with E-state index in [0.717, 1.165) is 0 Å². The maximum absolute atomic E-state index is 11.6. The summed E-state index contributed by atoms with van der Waals surface area (Å²) >= 11 is 0. The van der Waals surface area contributed by atoms with Crippen LogP contribution in [0.25, 0.3) is 0 Å². The van der Waals surface area contributed by atoms with Crippen molar-refractivity contribution in [3.8, 4) is 0 Å². The molecule has 1 saturated carbocycles. The zero-order chi connectivity index (χ0) is 12.8. The minimum absolute atomic E-state index is 0.00518. The normalized spacial score (nSPS) is 22.4. The molecule has 5 heteroatoms. The summed E-state index contributed by atoms with van der Waals surface area (Å²) in [6.45, 7) is 5.77. The van der Waals surface area contributed by atoms with Gasteiger partial charge in [-0.25, -0.2) is 0 Å². The smallest absolute Gasteiger partial charge is 0.224 e. The summed E-state index contributed by atoms with van der Waals surface area (Å²) in [4.78, 5) is 23.2. The van der Waals surface area contributed by atoms with Crippen molar-refractivity contribution in [2.45, 2.75) is 20.3 Å². The van der Waals surface area contributed by atoms with E-state index in [-0.39, 0.29) is 23.7 Å². The van der Waals surface area contributed by atoms with Crippen molar-refractivity contribution >= 4 is 11.8 Å². The number of amides is 2. The minimum atomic E-state index is -0.140. The molecule has 2 N–H and O–H groups in total. The first kappa shape index (κ1) is 14.0. The van der Waals surface area contributed by atoms with E-state index in [1.807, 2.05) is 13.8 Å². The molecule has 1 rings (SSSR count). The predicted molar refractivity (Wildman–Crippen MR) is 64.3 cm³/mol. The highest BCUT2D eigenvalue weighted by atomic mass is 16.5. The number of rotatable bonds is 7. The van der Waals surface area contributed by atoms with Gasteiger partial charge in [-0.3, -0.25) is 9.59 Å². The first-order valence-electron chi connectivity index (χ1n) is 6.10. The summed E-state index contributed by atoms with van der Waals surface area (Å²) in [5.41, 5.74) is 0.